The van der Waals surface area contributed by atoms with Gasteiger partial charge in [0.25, 0.3) is 0 Å². The molecule has 9 aromatic rings. The van der Waals surface area contributed by atoms with Crippen molar-refractivity contribution in [2.45, 2.75) is 5.92 Å². The van der Waals surface area contributed by atoms with Crippen molar-refractivity contribution >= 4 is 43.6 Å². The molecule has 0 unspecified atom stereocenters. The van der Waals surface area contributed by atoms with Crippen LogP contribution in [0, 0.1) is 0 Å². The summed E-state index contributed by atoms with van der Waals surface area (Å²) in [5.74, 6) is 1.12. The number of hydrogen-bond acceptors (Lipinski definition) is 3. The summed E-state index contributed by atoms with van der Waals surface area (Å²) < 4.78 is 4.28. The first-order chi connectivity index (χ1) is 22.3. The summed E-state index contributed by atoms with van der Waals surface area (Å²) in [7, 11) is 0. The van der Waals surface area contributed by atoms with Gasteiger partial charge in [-0.3, -0.25) is 4.57 Å². The number of aromatic nitrogens is 6. The van der Waals surface area contributed by atoms with Gasteiger partial charge in [-0.15, -0.1) is 0 Å². The molecule has 0 N–H and O–H groups in total. The number of fused-ring (bicyclic) bond motifs is 9. The number of rotatable bonds is 3. The Labute approximate surface area is 258 Å². The van der Waals surface area contributed by atoms with Crippen LogP contribution in [0.25, 0.3) is 60.7 Å². The van der Waals surface area contributed by atoms with Crippen LogP contribution in [0.2, 0.25) is 0 Å². The lowest BCUT2D eigenvalue weighted by atomic mass is 9.96. The largest absolute Gasteiger partial charge is 0.308 e. The van der Waals surface area contributed by atoms with E-state index in [-0.39, 0.29) is 5.92 Å². The van der Waals surface area contributed by atoms with E-state index >= 15 is 0 Å². The maximum Gasteiger partial charge on any atom is 0.308 e. The molecule has 6 nitrogen and oxygen atoms in total. The first kappa shape index (κ1) is 24.3. The Kier molecular flexibility index (Phi) is 4.96. The molecular formula is C39H25N6+. The third-order valence-corrected chi connectivity index (χ3v) is 9.19. The Balaban J connectivity index is 1.34. The maximum atomic E-state index is 5.33. The lowest BCUT2D eigenvalue weighted by Gasteiger charge is -2.12. The average molecular weight is 578 g/mol. The minimum atomic E-state index is -0.147. The van der Waals surface area contributed by atoms with Crippen molar-refractivity contribution in [2.24, 2.45) is 0 Å². The van der Waals surface area contributed by atoms with Crippen LogP contribution in [0.3, 0.4) is 0 Å². The molecule has 0 radical (unpaired) electrons. The minimum absolute atomic E-state index is 0.147. The van der Waals surface area contributed by atoms with Crippen molar-refractivity contribution in [1.82, 2.24) is 24.4 Å². The molecule has 1 aliphatic carbocycles. The Morgan fingerprint density at radius 2 is 0.867 bits per heavy atom. The molecule has 6 heteroatoms. The zero-order valence-electron chi connectivity index (χ0n) is 24.1. The molecule has 3 aromatic heterocycles. The highest BCUT2D eigenvalue weighted by molar-refractivity contribution is 6.09. The van der Waals surface area contributed by atoms with Gasteiger partial charge < -0.3 is 0 Å². The average Bonchev–Trinajstić information content (AvgIpc) is 3.74. The topological polar surface area (TPSA) is 52.4 Å². The van der Waals surface area contributed by atoms with Gasteiger partial charge in [0.1, 0.15) is 16.1 Å². The second-order valence-corrected chi connectivity index (χ2v) is 11.6. The van der Waals surface area contributed by atoms with Crippen molar-refractivity contribution in [3.63, 3.8) is 0 Å². The van der Waals surface area contributed by atoms with E-state index in [1.807, 2.05) is 0 Å². The molecule has 0 spiro atoms. The van der Waals surface area contributed by atoms with E-state index in [2.05, 4.69) is 155 Å². The highest BCUT2D eigenvalue weighted by Gasteiger charge is 2.35. The number of benzene rings is 6. The van der Waals surface area contributed by atoms with Crippen LogP contribution in [0.15, 0.2) is 146 Å². The lowest BCUT2D eigenvalue weighted by Crippen LogP contribution is -2.51. The predicted octanol–water partition coefficient (Wildman–Crippen LogP) is 7.84. The van der Waals surface area contributed by atoms with Gasteiger partial charge in [0, 0.05) is 21.5 Å². The quantitative estimate of drug-likeness (QED) is 0.201. The first-order valence-corrected chi connectivity index (χ1v) is 15.2. The minimum Gasteiger partial charge on any atom is -0.273 e. The summed E-state index contributed by atoms with van der Waals surface area (Å²) in [5.41, 5.74) is 9.01. The number of nitrogens with zero attached hydrogens (tertiary/aromatic N) is 6. The van der Waals surface area contributed by atoms with E-state index in [1.54, 1.807) is 4.91 Å². The fraction of sp³-hybridized carbons (Fsp3) is 0.0256. The number of hydrogen-bond donors (Lipinski definition) is 0. The van der Waals surface area contributed by atoms with Crippen molar-refractivity contribution < 1.29 is 4.91 Å². The molecule has 1 aliphatic rings. The van der Waals surface area contributed by atoms with Crippen molar-refractivity contribution in [1.29, 1.82) is 0 Å². The zero-order valence-corrected chi connectivity index (χ0v) is 24.1. The van der Waals surface area contributed by atoms with Gasteiger partial charge in [0.2, 0.25) is 5.82 Å². The van der Waals surface area contributed by atoms with Crippen LogP contribution in [-0.2, 0) is 0 Å². The Morgan fingerprint density at radius 3 is 1.40 bits per heavy atom. The van der Waals surface area contributed by atoms with Crippen molar-refractivity contribution in [2.75, 3.05) is 0 Å². The Bertz CT molecular complexity index is 2340. The van der Waals surface area contributed by atoms with Crippen LogP contribution in [0.5, 0.6) is 0 Å². The van der Waals surface area contributed by atoms with E-state index in [4.69, 9.17) is 15.2 Å². The lowest BCUT2D eigenvalue weighted by molar-refractivity contribution is -0.829. The van der Waals surface area contributed by atoms with Crippen LogP contribution in [0.4, 0.5) is 0 Å². The Morgan fingerprint density at radius 1 is 0.444 bits per heavy atom. The smallest absolute Gasteiger partial charge is 0.273 e. The molecule has 3 heterocycles. The first-order valence-electron chi connectivity index (χ1n) is 15.2. The fourth-order valence-electron chi connectivity index (χ4n) is 7.31. The summed E-state index contributed by atoms with van der Waals surface area (Å²) in [4.78, 5) is 7.09. The Hall–Kier alpha value is -6.14. The van der Waals surface area contributed by atoms with Gasteiger partial charge in [-0.1, -0.05) is 126 Å². The van der Waals surface area contributed by atoms with Crippen LogP contribution in [-0.4, -0.2) is 24.4 Å². The maximum absolute atomic E-state index is 5.33. The van der Waals surface area contributed by atoms with E-state index in [0.717, 1.165) is 43.6 Å². The van der Waals surface area contributed by atoms with Gasteiger partial charge >= 0.3 is 5.95 Å². The normalized spacial score (nSPS) is 12.8. The van der Waals surface area contributed by atoms with Crippen LogP contribution in [0.1, 0.15) is 22.9 Å². The molecule has 0 bridgehead atoms. The molecule has 0 fully saturated rings. The van der Waals surface area contributed by atoms with Gasteiger partial charge in [-0.25, -0.2) is 0 Å². The van der Waals surface area contributed by atoms with Gasteiger partial charge in [0.15, 0.2) is 4.91 Å². The van der Waals surface area contributed by atoms with E-state index in [0.29, 0.717) is 11.8 Å². The third kappa shape index (κ3) is 3.39. The van der Waals surface area contributed by atoms with E-state index in [9.17, 15) is 0 Å². The molecule has 210 valence electrons. The summed E-state index contributed by atoms with van der Waals surface area (Å²) in [6.07, 6.45) is 0. The van der Waals surface area contributed by atoms with Gasteiger partial charge in [-0.2, -0.15) is 4.98 Å². The monoisotopic (exact) mass is 577 g/mol. The molecule has 0 amide bonds. The predicted molar refractivity (Wildman–Crippen MR) is 177 cm³/mol. The molecule has 0 saturated heterocycles. The molecule has 0 aliphatic heterocycles. The van der Waals surface area contributed by atoms with E-state index < -0.39 is 0 Å². The van der Waals surface area contributed by atoms with E-state index in [1.165, 1.54) is 22.3 Å². The second-order valence-electron chi connectivity index (χ2n) is 11.6. The molecule has 0 saturated carbocycles. The zero-order chi connectivity index (χ0) is 29.5. The molecule has 10 rings (SSSR count). The van der Waals surface area contributed by atoms with Crippen LogP contribution < -0.4 is 4.91 Å². The summed E-state index contributed by atoms with van der Waals surface area (Å²) in [5, 5.41) is 15.1. The molecule has 45 heavy (non-hydrogen) atoms. The highest BCUT2D eigenvalue weighted by Crippen LogP contribution is 2.46. The summed E-state index contributed by atoms with van der Waals surface area (Å²) >= 11 is 0. The van der Waals surface area contributed by atoms with Gasteiger partial charge in [-0.05, 0) is 46.5 Å². The fourth-order valence-corrected chi connectivity index (χ4v) is 7.31. The van der Waals surface area contributed by atoms with Crippen molar-refractivity contribution in [3.05, 3.63) is 163 Å². The third-order valence-electron chi connectivity index (χ3n) is 9.19. The highest BCUT2D eigenvalue weighted by atomic mass is 15.7. The SMILES string of the molecule is c1ccc2c(c1)-c1ccccc1C2c1nc(-n2c3ccccc3c3ccccc32)n[n+](-n2c3ccccc3c3ccccc32)n1. The number of para-hydroxylation sites is 4. The summed E-state index contributed by atoms with van der Waals surface area (Å²) in [6.45, 7) is 0. The molecule has 0 atom stereocenters. The summed E-state index contributed by atoms with van der Waals surface area (Å²) in [6, 6.07) is 51.0. The van der Waals surface area contributed by atoms with Crippen LogP contribution >= 0.6 is 0 Å². The van der Waals surface area contributed by atoms with Gasteiger partial charge in [0.05, 0.1) is 22.0 Å². The standard InChI is InChI=1S/C39H25N6/c1-3-19-31-25(13-1)26-14-2-4-20-32(26)37(31)38-40-39(43-33-21-9-5-15-27(33)28-16-6-10-22-34(28)43)42-45(41-38)44-35-23-11-7-17-29(35)30-18-8-12-24-36(30)44/h1-24,37H/q+1. The molecule has 6 aromatic carbocycles. The molecular weight excluding hydrogens is 552 g/mol. The second kappa shape index (κ2) is 9.18. The van der Waals surface area contributed by atoms with Crippen molar-refractivity contribution in [3.8, 4) is 17.1 Å².